The molecule has 3 aromatic rings. The maximum Gasteiger partial charge on any atom is 0.338 e. The van der Waals surface area contributed by atoms with Crippen molar-refractivity contribution in [2.45, 2.75) is 11.5 Å². The van der Waals surface area contributed by atoms with Crippen molar-refractivity contribution in [1.82, 2.24) is 0 Å². The summed E-state index contributed by atoms with van der Waals surface area (Å²) in [6, 6.07) is 20.6. The van der Waals surface area contributed by atoms with E-state index in [1.165, 1.54) is 24.3 Å². The molecule has 8 nitrogen and oxygen atoms in total. The van der Waals surface area contributed by atoms with E-state index in [2.05, 4.69) is 4.72 Å². The first-order chi connectivity index (χ1) is 14.8. The van der Waals surface area contributed by atoms with Crippen molar-refractivity contribution in [3.05, 3.63) is 90.0 Å². The highest BCUT2D eigenvalue weighted by molar-refractivity contribution is 7.92. The Morgan fingerprint density at radius 1 is 0.903 bits per heavy atom. The molecule has 0 fully saturated rings. The zero-order chi connectivity index (χ0) is 22.3. The fourth-order valence-electron chi connectivity index (χ4n) is 2.60. The van der Waals surface area contributed by atoms with Crippen LogP contribution in [0, 0.1) is 0 Å². The summed E-state index contributed by atoms with van der Waals surface area (Å²) in [5.74, 6) is -0.780. The topological polar surface area (TPSA) is 125 Å². The minimum absolute atomic E-state index is 0.0206. The predicted molar refractivity (Wildman–Crippen MR) is 114 cm³/mol. The van der Waals surface area contributed by atoms with Crippen LogP contribution in [0.5, 0.6) is 5.75 Å². The number of nitrogens with two attached hydrogens (primary N) is 1. The van der Waals surface area contributed by atoms with Crippen LogP contribution in [0.2, 0.25) is 0 Å². The first-order valence-corrected chi connectivity index (χ1v) is 10.7. The summed E-state index contributed by atoms with van der Waals surface area (Å²) < 4.78 is 37.8. The van der Waals surface area contributed by atoms with Crippen LogP contribution in [0.15, 0.2) is 83.8 Å². The fraction of sp³-hybridized carbons (Fsp3) is 0.0909. The van der Waals surface area contributed by atoms with E-state index in [0.29, 0.717) is 17.0 Å². The molecule has 160 valence electrons. The van der Waals surface area contributed by atoms with E-state index in [1.807, 2.05) is 0 Å². The van der Waals surface area contributed by atoms with Gasteiger partial charge in [0, 0.05) is 5.69 Å². The summed E-state index contributed by atoms with van der Waals surface area (Å²) in [7, 11) is -3.78. The highest BCUT2D eigenvalue weighted by atomic mass is 32.2. The minimum Gasteiger partial charge on any atom is -0.484 e. The van der Waals surface area contributed by atoms with Crippen LogP contribution in [-0.2, 0) is 26.2 Å². The molecule has 0 aliphatic heterocycles. The highest BCUT2D eigenvalue weighted by Crippen LogP contribution is 2.18. The first kappa shape index (κ1) is 21.8. The molecule has 0 radical (unpaired) electrons. The number of sulfonamides is 1. The maximum absolute atomic E-state index is 12.5. The number of primary amides is 1. The van der Waals surface area contributed by atoms with Crippen molar-refractivity contribution >= 4 is 27.6 Å². The lowest BCUT2D eigenvalue weighted by Crippen LogP contribution is -2.20. The molecule has 0 unspecified atom stereocenters. The Kier molecular flexibility index (Phi) is 6.88. The number of ether oxygens (including phenoxy) is 2. The second-order valence-corrected chi connectivity index (χ2v) is 8.16. The number of para-hydroxylation sites is 1. The first-order valence-electron chi connectivity index (χ1n) is 9.18. The summed E-state index contributed by atoms with van der Waals surface area (Å²) >= 11 is 0. The number of hydrogen-bond acceptors (Lipinski definition) is 6. The number of amides is 1. The third-order valence-electron chi connectivity index (χ3n) is 4.08. The molecular formula is C22H20N2O6S. The van der Waals surface area contributed by atoms with Crippen LogP contribution >= 0.6 is 0 Å². The third-order valence-corrected chi connectivity index (χ3v) is 5.47. The Labute approximate surface area is 179 Å². The monoisotopic (exact) mass is 440 g/mol. The molecule has 0 aromatic heterocycles. The number of anilines is 1. The van der Waals surface area contributed by atoms with Crippen molar-refractivity contribution in [1.29, 1.82) is 0 Å². The number of nitrogens with one attached hydrogen (secondary N) is 1. The van der Waals surface area contributed by atoms with Gasteiger partial charge in [-0.1, -0.05) is 30.3 Å². The Morgan fingerprint density at radius 2 is 1.61 bits per heavy atom. The zero-order valence-corrected chi connectivity index (χ0v) is 17.2. The Morgan fingerprint density at radius 3 is 2.29 bits per heavy atom. The number of carbonyl (C=O) groups excluding carboxylic acids is 2. The molecule has 0 spiro atoms. The molecule has 3 aromatic carbocycles. The van der Waals surface area contributed by atoms with Crippen molar-refractivity contribution in [3.8, 4) is 5.75 Å². The van der Waals surface area contributed by atoms with E-state index in [4.69, 9.17) is 15.2 Å². The van der Waals surface area contributed by atoms with Crippen LogP contribution in [0.25, 0.3) is 0 Å². The Hall–Kier alpha value is -3.85. The molecule has 9 heteroatoms. The molecule has 0 saturated heterocycles. The van der Waals surface area contributed by atoms with E-state index < -0.39 is 21.9 Å². The molecule has 31 heavy (non-hydrogen) atoms. The van der Waals surface area contributed by atoms with Crippen LogP contribution in [0.4, 0.5) is 5.69 Å². The second kappa shape index (κ2) is 9.77. The van der Waals surface area contributed by atoms with Gasteiger partial charge in [-0.2, -0.15) is 0 Å². The van der Waals surface area contributed by atoms with Crippen molar-refractivity contribution < 1.29 is 27.5 Å². The summed E-state index contributed by atoms with van der Waals surface area (Å²) in [6.07, 6.45) is 0. The Bertz CT molecular complexity index is 1160. The average Bonchev–Trinajstić information content (AvgIpc) is 2.77. The smallest absolute Gasteiger partial charge is 0.338 e. The lowest BCUT2D eigenvalue weighted by atomic mass is 10.2. The van der Waals surface area contributed by atoms with Gasteiger partial charge in [-0.25, -0.2) is 13.2 Å². The van der Waals surface area contributed by atoms with Gasteiger partial charge in [0.05, 0.1) is 10.5 Å². The molecular weight excluding hydrogens is 420 g/mol. The quantitative estimate of drug-likeness (QED) is 0.493. The number of rotatable bonds is 9. The van der Waals surface area contributed by atoms with Crippen LogP contribution in [0.1, 0.15) is 15.9 Å². The molecule has 0 atom stereocenters. The number of esters is 1. The van der Waals surface area contributed by atoms with Gasteiger partial charge in [0.15, 0.2) is 6.61 Å². The van der Waals surface area contributed by atoms with E-state index in [1.54, 1.807) is 54.6 Å². The number of benzene rings is 3. The third kappa shape index (κ3) is 6.31. The summed E-state index contributed by atoms with van der Waals surface area (Å²) in [6.45, 7) is -0.278. The highest BCUT2D eigenvalue weighted by Gasteiger charge is 2.16. The van der Waals surface area contributed by atoms with Gasteiger partial charge in [-0.3, -0.25) is 9.52 Å². The van der Waals surface area contributed by atoms with Gasteiger partial charge in [-0.15, -0.1) is 0 Å². The minimum atomic E-state index is -3.78. The van der Waals surface area contributed by atoms with Crippen molar-refractivity contribution in [2.24, 2.45) is 5.73 Å². The van der Waals surface area contributed by atoms with E-state index in [9.17, 15) is 18.0 Å². The summed E-state index contributed by atoms with van der Waals surface area (Å²) in [4.78, 5) is 23.1. The van der Waals surface area contributed by atoms with Gasteiger partial charge in [-0.05, 0) is 54.1 Å². The van der Waals surface area contributed by atoms with Crippen molar-refractivity contribution in [3.63, 3.8) is 0 Å². The fourth-order valence-corrected chi connectivity index (χ4v) is 3.66. The Balaban J connectivity index is 1.60. The molecule has 1 amide bonds. The average molecular weight is 440 g/mol. The predicted octanol–water partition coefficient (Wildman–Crippen LogP) is 2.71. The number of carbonyl (C=O) groups is 2. The molecule has 0 heterocycles. The van der Waals surface area contributed by atoms with Gasteiger partial charge in [0.1, 0.15) is 12.4 Å². The molecule has 3 rings (SSSR count). The molecule has 0 bridgehead atoms. The second-order valence-electron chi connectivity index (χ2n) is 6.47. The van der Waals surface area contributed by atoms with Gasteiger partial charge in [0.2, 0.25) is 0 Å². The van der Waals surface area contributed by atoms with Crippen LogP contribution < -0.4 is 15.2 Å². The van der Waals surface area contributed by atoms with E-state index >= 15 is 0 Å². The summed E-state index contributed by atoms with van der Waals surface area (Å²) in [5, 5.41) is 0. The largest absolute Gasteiger partial charge is 0.484 e. The van der Waals surface area contributed by atoms with Crippen LogP contribution in [0.3, 0.4) is 0 Å². The number of hydrogen-bond donors (Lipinski definition) is 2. The SMILES string of the molecule is NC(=O)COc1cccc(COC(=O)c2ccc(S(=O)(=O)Nc3ccccc3)cc2)c1. The van der Waals surface area contributed by atoms with Gasteiger partial charge >= 0.3 is 5.97 Å². The lowest BCUT2D eigenvalue weighted by molar-refractivity contribution is -0.119. The lowest BCUT2D eigenvalue weighted by Gasteiger charge is -2.09. The standard InChI is InChI=1S/C22H20N2O6S/c23-21(25)15-29-19-8-4-5-16(13-19)14-30-22(26)17-9-11-20(12-10-17)31(27,28)24-18-6-2-1-3-7-18/h1-13,24H,14-15H2,(H2,23,25). The maximum atomic E-state index is 12.5. The van der Waals surface area contributed by atoms with Gasteiger partial charge in [0.25, 0.3) is 15.9 Å². The normalized spacial score (nSPS) is 10.8. The molecule has 0 aliphatic rings. The van der Waals surface area contributed by atoms with E-state index in [0.717, 1.165) is 0 Å². The van der Waals surface area contributed by atoms with E-state index in [-0.39, 0.29) is 23.7 Å². The van der Waals surface area contributed by atoms with Gasteiger partial charge < -0.3 is 15.2 Å². The molecule has 0 saturated carbocycles. The van der Waals surface area contributed by atoms with Crippen LogP contribution in [-0.4, -0.2) is 26.9 Å². The molecule has 3 N–H and O–H groups in total. The zero-order valence-electron chi connectivity index (χ0n) is 16.4. The summed E-state index contributed by atoms with van der Waals surface area (Å²) in [5.41, 5.74) is 6.34. The molecule has 0 aliphatic carbocycles. The van der Waals surface area contributed by atoms with Crippen molar-refractivity contribution in [2.75, 3.05) is 11.3 Å².